The number of rotatable bonds is 5. The number of nitriles is 1. The van der Waals surface area contributed by atoms with Gasteiger partial charge in [-0.2, -0.15) is 5.26 Å². The molecule has 6 heteroatoms. The van der Waals surface area contributed by atoms with Gasteiger partial charge in [0.15, 0.2) is 10.8 Å². The van der Waals surface area contributed by atoms with Crippen molar-refractivity contribution in [3.05, 3.63) is 29.0 Å². The lowest BCUT2D eigenvalue weighted by molar-refractivity contribution is 0.0770. The Hall–Kier alpha value is -2.13. The highest BCUT2D eigenvalue weighted by molar-refractivity contribution is 7.15. The second-order valence-electron chi connectivity index (χ2n) is 4.29. The predicted octanol–water partition coefficient (Wildman–Crippen LogP) is 3.09. The molecule has 0 atom stereocenters. The summed E-state index contributed by atoms with van der Waals surface area (Å²) in [7, 11) is 0. The van der Waals surface area contributed by atoms with Gasteiger partial charge in [-0.25, -0.2) is 4.98 Å². The van der Waals surface area contributed by atoms with Crippen LogP contribution in [-0.2, 0) is 0 Å². The summed E-state index contributed by atoms with van der Waals surface area (Å²) in [4.78, 5) is 19.1. The first-order valence-electron chi connectivity index (χ1n) is 6.35. The number of aromatic nitrogens is 1. The Balaban J connectivity index is 2.28. The summed E-state index contributed by atoms with van der Waals surface area (Å²) in [6.45, 7) is 4.47. The SMILES string of the molecule is CCCN(CC#N)C(=O)c1nc(-c2ccco2)sc1C. The second-order valence-corrected chi connectivity index (χ2v) is 5.49. The maximum Gasteiger partial charge on any atom is 0.274 e. The molecule has 0 aliphatic heterocycles. The maximum absolute atomic E-state index is 12.4. The number of carbonyl (C=O) groups excluding carboxylic acids is 1. The van der Waals surface area contributed by atoms with E-state index in [1.54, 1.807) is 12.3 Å². The van der Waals surface area contributed by atoms with Crippen LogP contribution in [0, 0.1) is 18.3 Å². The van der Waals surface area contributed by atoms with Crippen LogP contribution in [0.25, 0.3) is 10.8 Å². The quantitative estimate of drug-likeness (QED) is 0.793. The monoisotopic (exact) mass is 289 g/mol. The minimum atomic E-state index is -0.194. The first-order chi connectivity index (χ1) is 9.67. The maximum atomic E-state index is 12.4. The smallest absolute Gasteiger partial charge is 0.274 e. The van der Waals surface area contributed by atoms with Crippen LogP contribution in [0.2, 0.25) is 0 Å². The zero-order chi connectivity index (χ0) is 14.5. The van der Waals surface area contributed by atoms with E-state index in [-0.39, 0.29) is 12.5 Å². The number of hydrogen-bond acceptors (Lipinski definition) is 5. The molecule has 0 saturated carbocycles. The lowest BCUT2D eigenvalue weighted by Crippen LogP contribution is -2.32. The number of carbonyl (C=O) groups is 1. The van der Waals surface area contributed by atoms with Gasteiger partial charge in [-0.15, -0.1) is 11.3 Å². The van der Waals surface area contributed by atoms with E-state index in [2.05, 4.69) is 4.98 Å². The number of aryl methyl sites for hydroxylation is 1. The molecule has 1 amide bonds. The molecule has 0 saturated heterocycles. The highest BCUT2D eigenvalue weighted by atomic mass is 32.1. The Bertz CT molecular complexity index is 625. The van der Waals surface area contributed by atoms with Gasteiger partial charge in [0.05, 0.1) is 12.3 Å². The van der Waals surface area contributed by atoms with Gasteiger partial charge >= 0.3 is 0 Å². The molecule has 2 rings (SSSR count). The van der Waals surface area contributed by atoms with Crippen LogP contribution >= 0.6 is 11.3 Å². The third-order valence-electron chi connectivity index (χ3n) is 2.77. The number of hydrogen-bond donors (Lipinski definition) is 0. The molecular formula is C14H15N3O2S. The molecule has 0 radical (unpaired) electrons. The van der Waals surface area contributed by atoms with Crippen molar-refractivity contribution in [3.8, 4) is 16.8 Å². The van der Waals surface area contributed by atoms with Crippen molar-refractivity contribution >= 4 is 17.2 Å². The number of nitrogens with zero attached hydrogens (tertiary/aromatic N) is 3. The van der Waals surface area contributed by atoms with Crippen molar-refractivity contribution in [2.45, 2.75) is 20.3 Å². The van der Waals surface area contributed by atoms with Crippen molar-refractivity contribution in [1.29, 1.82) is 5.26 Å². The fraction of sp³-hybridized carbons (Fsp3) is 0.357. The van der Waals surface area contributed by atoms with Crippen molar-refractivity contribution < 1.29 is 9.21 Å². The zero-order valence-electron chi connectivity index (χ0n) is 11.4. The molecule has 0 N–H and O–H groups in total. The van der Waals surface area contributed by atoms with E-state index >= 15 is 0 Å². The minimum absolute atomic E-state index is 0.0831. The number of thiazole rings is 1. The summed E-state index contributed by atoms with van der Waals surface area (Å²) >= 11 is 1.42. The predicted molar refractivity (Wildman–Crippen MR) is 76.4 cm³/mol. The standard InChI is InChI=1S/C14H15N3O2S/c1-3-7-17(8-6-15)14(18)12-10(2)20-13(16-12)11-5-4-9-19-11/h4-5,9H,3,7-8H2,1-2H3. The van der Waals surface area contributed by atoms with Crippen molar-refractivity contribution in [3.63, 3.8) is 0 Å². The summed E-state index contributed by atoms with van der Waals surface area (Å²) in [5.41, 5.74) is 0.408. The normalized spacial score (nSPS) is 10.2. The van der Waals surface area contributed by atoms with Crippen LogP contribution in [0.1, 0.15) is 28.7 Å². The van der Waals surface area contributed by atoms with Gasteiger partial charge in [-0.3, -0.25) is 4.79 Å². The van der Waals surface area contributed by atoms with Gasteiger partial charge in [0.25, 0.3) is 5.91 Å². The molecule has 104 valence electrons. The van der Waals surface area contributed by atoms with Gasteiger partial charge in [0.2, 0.25) is 0 Å². The highest BCUT2D eigenvalue weighted by Gasteiger charge is 2.22. The zero-order valence-corrected chi connectivity index (χ0v) is 12.2. The van der Waals surface area contributed by atoms with E-state index in [0.717, 1.165) is 11.3 Å². The van der Waals surface area contributed by atoms with Crippen LogP contribution in [0.5, 0.6) is 0 Å². The van der Waals surface area contributed by atoms with Gasteiger partial charge < -0.3 is 9.32 Å². The molecule has 0 aromatic carbocycles. The van der Waals surface area contributed by atoms with Crippen LogP contribution in [-0.4, -0.2) is 28.9 Å². The summed E-state index contributed by atoms with van der Waals surface area (Å²) < 4.78 is 5.29. The summed E-state index contributed by atoms with van der Waals surface area (Å²) in [5, 5.41) is 9.49. The first-order valence-corrected chi connectivity index (χ1v) is 7.16. The number of amides is 1. The molecule has 2 heterocycles. The molecule has 5 nitrogen and oxygen atoms in total. The summed E-state index contributed by atoms with van der Waals surface area (Å²) in [5.74, 6) is 0.458. The molecule has 2 aromatic heterocycles. The second kappa shape index (κ2) is 6.35. The summed E-state index contributed by atoms with van der Waals surface area (Å²) in [6, 6.07) is 5.61. The van der Waals surface area contributed by atoms with Crippen molar-refractivity contribution in [2.75, 3.05) is 13.1 Å². The van der Waals surface area contributed by atoms with Gasteiger partial charge in [0.1, 0.15) is 12.2 Å². The van der Waals surface area contributed by atoms with E-state index < -0.39 is 0 Å². The van der Waals surface area contributed by atoms with Crippen LogP contribution in [0.15, 0.2) is 22.8 Å². The average molecular weight is 289 g/mol. The highest BCUT2D eigenvalue weighted by Crippen LogP contribution is 2.28. The Morgan fingerprint density at radius 2 is 2.40 bits per heavy atom. The Morgan fingerprint density at radius 3 is 3.00 bits per heavy atom. The minimum Gasteiger partial charge on any atom is -0.462 e. The lowest BCUT2D eigenvalue weighted by Gasteiger charge is -2.17. The van der Waals surface area contributed by atoms with Crippen molar-refractivity contribution in [1.82, 2.24) is 9.88 Å². The first kappa shape index (κ1) is 14.3. The molecule has 0 unspecified atom stereocenters. The van der Waals surface area contributed by atoms with Gasteiger partial charge in [-0.1, -0.05) is 6.92 Å². The molecule has 0 aliphatic rings. The van der Waals surface area contributed by atoms with Crippen molar-refractivity contribution in [2.24, 2.45) is 0 Å². The third-order valence-corrected chi connectivity index (χ3v) is 3.76. The molecular weight excluding hydrogens is 274 g/mol. The van der Waals surface area contributed by atoms with E-state index in [9.17, 15) is 4.79 Å². The van der Waals surface area contributed by atoms with Gasteiger partial charge in [-0.05, 0) is 25.5 Å². The Kier molecular flexibility index (Phi) is 4.53. The van der Waals surface area contributed by atoms with Gasteiger partial charge in [0, 0.05) is 11.4 Å². The average Bonchev–Trinajstić information content (AvgIpc) is 3.06. The third kappa shape index (κ3) is 2.89. The Morgan fingerprint density at radius 1 is 1.60 bits per heavy atom. The van der Waals surface area contributed by atoms with E-state index in [1.165, 1.54) is 16.2 Å². The molecule has 0 bridgehead atoms. The molecule has 20 heavy (non-hydrogen) atoms. The largest absolute Gasteiger partial charge is 0.462 e. The Labute approximate surface area is 121 Å². The van der Waals surface area contributed by atoms with Crippen LogP contribution in [0.3, 0.4) is 0 Å². The van der Waals surface area contributed by atoms with E-state index in [0.29, 0.717) is 23.0 Å². The van der Waals surface area contributed by atoms with E-state index in [4.69, 9.17) is 9.68 Å². The fourth-order valence-electron chi connectivity index (χ4n) is 1.86. The lowest BCUT2D eigenvalue weighted by atomic mass is 10.3. The summed E-state index contributed by atoms with van der Waals surface area (Å²) in [6.07, 6.45) is 2.38. The van der Waals surface area contributed by atoms with Crippen LogP contribution < -0.4 is 0 Å². The van der Waals surface area contributed by atoms with Crippen LogP contribution in [0.4, 0.5) is 0 Å². The molecule has 0 fully saturated rings. The van der Waals surface area contributed by atoms with E-state index in [1.807, 2.05) is 26.0 Å². The molecule has 0 spiro atoms. The topological polar surface area (TPSA) is 70.1 Å². The number of furan rings is 1. The molecule has 0 aliphatic carbocycles. The molecule has 2 aromatic rings. The fourth-order valence-corrected chi connectivity index (χ4v) is 2.73.